The Bertz CT molecular complexity index is 760. The number of hydrogen-bond donors (Lipinski definition) is 1. The van der Waals surface area contributed by atoms with Crippen molar-refractivity contribution in [2.24, 2.45) is 0 Å². The summed E-state index contributed by atoms with van der Waals surface area (Å²) in [5, 5.41) is 2.73. The van der Waals surface area contributed by atoms with Crippen molar-refractivity contribution in [1.82, 2.24) is 10.3 Å². The third-order valence-corrected chi connectivity index (χ3v) is 4.30. The Balaban J connectivity index is 1.52. The number of hydrogen-bond acceptors (Lipinski definition) is 4. The maximum absolute atomic E-state index is 13.7. The first-order valence-electron chi connectivity index (χ1n) is 8.57. The van der Waals surface area contributed by atoms with Crippen molar-refractivity contribution >= 4 is 11.7 Å². The molecule has 1 N–H and O–H groups in total. The number of aromatic nitrogens is 1. The molecule has 26 heavy (non-hydrogen) atoms. The number of rotatable bonds is 5. The van der Waals surface area contributed by atoms with Crippen LogP contribution in [-0.2, 0) is 11.3 Å². The van der Waals surface area contributed by atoms with Gasteiger partial charge in [-0.05, 0) is 23.8 Å². The van der Waals surface area contributed by atoms with Gasteiger partial charge >= 0.3 is 0 Å². The number of carbonyl (C=O) groups is 1. The smallest absolute Gasteiger partial charge is 0.217 e. The summed E-state index contributed by atoms with van der Waals surface area (Å²) in [6, 6.07) is 7.22. The fraction of sp³-hybridized carbons (Fsp3) is 0.368. The van der Waals surface area contributed by atoms with Gasteiger partial charge in [-0.15, -0.1) is 0 Å². The van der Waals surface area contributed by atoms with E-state index in [-0.39, 0.29) is 17.8 Å². The lowest BCUT2D eigenvalue weighted by Gasteiger charge is -2.33. The SMILES string of the molecule is CC(=O)NCc1ccc(N2CCC(Oc3ccc(F)cc3F)CC2)nc1. The highest BCUT2D eigenvalue weighted by Gasteiger charge is 2.22. The Morgan fingerprint density at radius 3 is 2.65 bits per heavy atom. The van der Waals surface area contributed by atoms with Gasteiger partial charge in [0.1, 0.15) is 17.7 Å². The summed E-state index contributed by atoms with van der Waals surface area (Å²) in [6.07, 6.45) is 3.10. The summed E-state index contributed by atoms with van der Waals surface area (Å²) in [7, 11) is 0. The number of pyridine rings is 1. The largest absolute Gasteiger partial charge is 0.487 e. The first kappa shape index (κ1) is 18.1. The van der Waals surface area contributed by atoms with Crippen molar-refractivity contribution in [3.8, 4) is 5.75 Å². The zero-order chi connectivity index (χ0) is 18.5. The van der Waals surface area contributed by atoms with E-state index in [4.69, 9.17) is 4.74 Å². The number of benzene rings is 1. The zero-order valence-electron chi connectivity index (χ0n) is 14.5. The third kappa shape index (κ3) is 4.68. The molecule has 0 unspecified atom stereocenters. The van der Waals surface area contributed by atoms with E-state index in [9.17, 15) is 13.6 Å². The van der Waals surface area contributed by atoms with E-state index >= 15 is 0 Å². The first-order valence-corrected chi connectivity index (χ1v) is 8.57. The van der Waals surface area contributed by atoms with Crippen LogP contribution in [0.25, 0.3) is 0 Å². The molecule has 0 radical (unpaired) electrons. The first-order chi connectivity index (χ1) is 12.5. The molecule has 1 aromatic carbocycles. The molecule has 1 amide bonds. The van der Waals surface area contributed by atoms with Gasteiger partial charge in [-0.1, -0.05) is 6.07 Å². The van der Waals surface area contributed by atoms with Gasteiger partial charge in [0, 0.05) is 51.7 Å². The second-order valence-corrected chi connectivity index (χ2v) is 6.31. The fourth-order valence-corrected chi connectivity index (χ4v) is 2.89. The van der Waals surface area contributed by atoms with E-state index in [0.717, 1.165) is 43.4 Å². The zero-order valence-corrected chi connectivity index (χ0v) is 14.5. The quantitative estimate of drug-likeness (QED) is 0.889. The number of amides is 1. The number of nitrogens with zero attached hydrogens (tertiary/aromatic N) is 2. The second kappa shape index (κ2) is 8.12. The maximum atomic E-state index is 13.7. The lowest BCUT2D eigenvalue weighted by atomic mass is 10.1. The predicted octanol–water partition coefficient (Wildman–Crippen LogP) is 3.04. The molecule has 1 aromatic heterocycles. The van der Waals surface area contributed by atoms with Crippen molar-refractivity contribution < 1.29 is 18.3 Å². The van der Waals surface area contributed by atoms with Crippen LogP contribution < -0.4 is 15.0 Å². The highest BCUT2D eigenvalue weighted by Crippen LogP contribution is 2.24. The minimum atomic E-state index is -0.677. The molecular weight excluding hydrogens is 340 g/mol. The molecule has 7 heteroatoms. The normalized spacial score (nSPS) is 15.0. The van der Waals surface area contributed by atoms with Crippen molar-refractivity contribution in [3.05, 3.63) is 53.7 Å². The monoisotopic (exact) mass is 361 g/mol. The molecule has 5 nitrogen and oxygen atoms in total. The number of nitrogens with one attached hydrogen (secondary N) is 1. The minimum absolute atomic E-state index is 0.0752. The Labute approximate surface area is 151 Å². The summed E-state index contributed by atoms with van der Waals surface area (Å²) in [4.78, 5) is 17.5. The molecule has 2 aromatic rings. The summed E-state index contributed by atoms with van der Waals surface area (Å²) in [5.74, 6) is -0.413. The van der Waals surface area contributed by atoms with Crippen LogP contribution >= 0.6 is 0 Å². The van der Waals surface area contributed by atoms with Crippen LogP contribution in [0.2, 0.25) is 0 Å². The van der Waals surface area contributed by atoms with Gasteiger partial charge in [0.05, 0.1) is 0 Å². The molecule has 0 atom stereocenters. The van der Waals surface area contributed by atoms with E-state index in [0.29, 0.717) is 6.54 Å². The van der Waals surface area contributed by atoms with Crippen molar-refractivity contribution in [3.63, 3.8) is 0 Å². The van der Waals surface area contributed by atoms with Crippen LogP contribution in [0.15, 0.2) is 36.5 Å². The second-order valence-electron chi connectivity index (χ2n) is 6.31. The fourth-order valence-electron chi connectivity index (χ4n) is 2.89. The van der Waals surface area contributed by atoms with Crippen LogP contribution in [0.5, 0.6) is 5.75 Å². The Hall–Kier alpha value is -2.70. The number of halogens is 2. The topological polar surface area (TPSA) is 54.5 Å². The standard InChI is InChI=1S/C19H21F2N3O2/c1-13(25)22-11-14-2-5-19(23-12-14)24-8-6-16(7-9-24)26-18-4-3-15(20)10-17(18)21/h2-5,10,12,16H,6-9,11H2,1H3,(H,22,25). The molecule has 0 bridgehead atoms. The van der Waals surface area contributed by atoms with Gasteiger partial charge in [0.25, 0.3) is 0 Å². The third-order valence-electron chi connectivity index (χ3n) is 4.30. The molecular formula is C19H21F2N3O2. The molecule has 1 aliphatic heterocycles. The van der Waals surface area contributed by atoms with E-state index in [1.165, 1.54) is 19.1 Å². The van der Waals surface area contributed by atoms with E-state index < -0.39 is 11.6 Å². The van der Waals surface area contributed by atoms with E-state index in [2.05, 4.69) is 15.2 Å². The van der Waals surface area contributed by atoms with Crippen LogP contribution in [0.4, 0.5) is 14.6 Å². The average molecular weight is 361 g/mol. The van der Waals surface area contributed by atoms with Crippen molar-refractivity contribution in [2.45, 2.75) is 32.4 Å². The highest BCUT2D eigenvalue weighted by molar-refractivity contribution is 5.72. The molecule has 3 rings (SSSR count). The molecule has 2 heterocycles. The molecule has 138 valence electrons. The lowest BCUT2D eigenvalue weighted by molar-refractivity contribution is -0.119. The Morgan fingerprint density at radius 1 is 1.27 bits per heavy atom. The average Bonchev–Trinajstić information content (AvgIpc) is 2.63. The van der Waals surface area contributed by atoms with E-state index in [1.807, 2.05) is 12.1 Å². The summed E-state index contributed by atoms with van der Waals surface area (Å²) < 4.78 is 32.3. The minimum Gasteiger partial charge on any atom is -0.487 e. The van der Waals surface area contributed by atoms with Crippen LogP contribution in [0, 0.1) is 11.6 Å². The van der Waals surface area contributed by atoms with Gasteiger partial charge in [0.15, 0.2) is 11.6 Å². The maximum Gasteiger partial charge on any atom is 0.217 e. The van der Waals surface area contributed by atoms with E-state index in [1.54, 1.807) is 6.20 Å². The number of carbonyl (C=O) groups excluding carboxylic acids is 1. The van der Waals surface area contributed by atoms with Gasteiger partial charge in [-0.2, -0.15) is 0 Å². The summed E-state index contributed by atoms with van der Waals surface area (Å²) in [6.45, 7) is 3.42. The predicted molar refractivity (Wildman–Crippen MR) is 94.0 cm³/mol. The Kier molecular flexibility index (Phi) is 5.65. The van der Waals surface area contributed by atoms with Crippen LogP contribution in [0.3, 0.4) is 0 Å². The number of ether oxygens (including phenoxy) is 1. The van der Waals surface area contributed by atoms with Gasteiger partial charge < -0.3 is 15.0 Å². The summed E-state index contributed by atoms with van der Waals surface area (Å²) >= 11 is 0. The molecule has 1 aliphatic rings. The lowest BCUT2D eigenvalue weighted by Crippen LogP contribution is -2.38. The van der Waals surface area contributed by atoms with Gasteiger partial charge in [0.2, 0.25) is 5.91 Å². The van der Waals surface area contributed by atoms with Gasteiger partial charge in [-0.3, -0.25) is 4.79 Å². The molecule has 0 aliphatic carbocycles. The van der Waals surface area contributed by atoms with Crippen molar-refractivity contribution in [2.75, 3.05) is 18.0 Å². The highest BCUT2D eigenvalue weighted by atomic mass is 19.1. The number of piperidine rings is 1. The molecule has 0 spiro atoms. The molecule has 1 saturated heterocycles. The van der Waals surface area contributed by atoms with Crippen LogP contribution in [-0.4, -0.2) is 30.1 Å². The number of anilines is 1. The van der Waals surface area contributed by atoms with Crippen LogP contribution in [0.1, 0.15) is 25.3 Å². The summed E-state index contributed by atoms with van der Waals surface area (Å²) in [5.41, 5.74) is 0.939. The molecule has 0 saturated carbocycles. The molecule has 1 fully saturated rings. The van der Waals surface area contributed by atoms with Gasteiger partial charge in [-0.25, -0.2) is 13.8 Å². The van der Waals surface area contributed by atoms with Crippen molar-refractivity contribution in [1.29, 1.82) is 0 Å². The Morgan fingerprint density at radius 2 is 2.04 bits per heavy atom.